The number of nitrogens with zero attached hydrogens (tertiary/aromatic N) is 4. The van der Waals surface area contributed by atoms with Gasteiger partial charge in [0, 0.05) is 11.8 Å². The highest BCUT2D eigenvalue weighted by Gasteiger charge is 2.30. The molecule has 0 saturated carbocycles. The van der Waals surface area contributed by atoms with Crippen molar-refractivity contribution in [1.29, 1.82) is 0 Å². The lowest BCUT2D eigenvalue weighted by atomic mass is 10.1. The molecule has 0 unspecified atom stereocenters. The molecule has 0 aliphatic rings. The molecule has 0 aliphatic carbocycles. The molecule has 1 N–H and O–H groups in total. The SMILES string of the molecule is O=C(/C=C\c1cccc(C(F)(F)F)c1)Nc1ccc(-n2cnnn2)cc1. The zero-order chi connectivity index (χ0) is 18.6. The predicted octanol–water partition coefficient (Wildman–Crippen LogP) is 3.33. The minimum absolute atomic E-state index is 0.281. The molecule has 1 amide bonds. The Labute approximate surface area is 146 Å². The van der Waals surface area contributed by atoms with E-state index in [9.17, 15) is 18.0 Å². The number of hydrogen-bond donors (Lipinski definition) is 1. The molecule has 0 spiro atoms. The summed E-state index contributed by atoms with van der Waals surface area (Å²) in [6, 6.07) is 11.5. The number of alkyl halides is 3. The van der Waals surface area contributed by atoms with Crippen LogP contribution in [0.1, 0.15) is 11.1 Å². The summed E-state index contributed by atoms with van der Waals surface area (Å²) in [5.74, 6) is -0.461. The van der Waals surface area contributed by atoms with Crippen molar-refractivity contribution in [2.75, 3.05) is 5.32 Å². The lowest BCUT2D eigenvalue weighted by molar-refractivity contribution is -0.137. The smallest absolute Gasteiger partial charge is 0.323 e. The predicted molar refractivity (Wildman–Crippen MR) is 88.3 cm³/mol. The number of anilines is 1. The molecule has 0 radical (unpaired) electrons. The first-order valence-electron chi connectivity index (χ1n) is 7.41. The molecule has 1 aromatic heterocycles. The molecule has 2 aromatic carbocycles. The van der Waals surface area contributed by atoms with Gasteiger partial charge in [0.25, 0.3) is 0 Å². The second-order valence-electron chi connectivity index (χ2n) is 5.25. The monoisotopic (exact) mass is 359 g/mol. The van der Waals surface area contributed by atoms with Gasteiger partial charge in [-0.2, -0.15) is 13.2 Å². The van der Waals surface area contributed by atoms with Gasteiger partial charge in [-0.1, -0.05) is 12.1 Å². The Morgan fingerprint density at radius 2 is 1.88 bits per heavy atom. The van der Waals surface area contributed by atoms with E-state index in [1.165, 1.54) is 35.3 Å². The average Bonchev–Trinajstić information content (AvgIpc) is 3.15. The Morgan fingerprint density at radius 1 is 1.12 bits per heavy atom. The van der Waals surface area contributed by atoms with Crippen LogP contribution in [-0.2, 0) is 11.0 Å². The molecule has 0 aliphatic heterocycles. The van der Waals surface area contributed by atoms with E-state index in [0.29, 0.717) is 11.4 Å². The zero-order valence-corrected chi connectivity index (χ0v) is 13.2. The van der Waals surface area contributed by atoms with Crippen LogP contribution in [0.25, 0.3) is 11.8 Å². The van der Waals surface area contributed by atoms with Gasteiger partial charge in [0.1, 0.15) is 6.33 Å². The standard InChI is InChI=1S/C17H12F3N5O/c18-17(19,20)13-3-1-2-12(10-13)4-9-16(26)22-14-5-7-15(8-6-14)25-11-21-23-24-25/h1-11H,(H,22,26)/b9-4-. The lowest BCUT2D eigenvalue weighted by Crippen LogP contribution is -2.08. The summed E-state index contributed by atoms with van der Waals surface area (Å²) in [7, 11) is 0. The summed E-state index contributed by atoms with van der Waals surface area (Å²) in [5, 5.41) is 13.4. The number of halogens is 3. The lowest BCUT2D eigenvalue weighted by Gasteiger charge is -2.06. The number of tetrazole rings is 1. The van der Waals surface area contributed by atoms with Gasteiger partial charge < -0.3 is 5.32 Å². The Kier molecular flexibility index (Phi) is 4.78. The van der Waals surface area contributed by atoms with Gasteiger partial charge >= 0.3 is 6.18 Å². The number of carbonyl (C=O) groups excluding carboxylic acids is 1. The molecule has 9 heteroatoms. The van der Waals surface area contributed by atoms with Gasteiger partial charge in [-0.05, 0) is 58.5 Å². The van der Waals surface area contributed by atoms with E-state index in [1.54, 1.807) is 24.3 Å². The van der Waals surface area contributed by atoms with Crippen LogP contribution < -0.4 is 5.32 Å². The molecule has 0 saturated heterocycles. The molecule has 0 bridgehead atoms. The summed E-state index contributed by atoms with van der Waals surface area (Å²) >= 11 is 0. The van der Waals surface area contributed by atoms with Gasteiger partial charge in [-0.25, -0.2) is 4.68 Å². The van der Waals surface area contributed by atoms with Crippen LogP contribution in [0, 0.1) is 0 Å². The molecule has 3 aromatic rings. The fourth-order valence-corrected chi connectivity index (χ4v) is 2.15. The van der Waals surface area contributed by atoms with E-state index in [0.717, 1.165) is 12.1 Å². The number of nitrogens with one attached hydrogen (secondary N) is 1. The third-order valence-electron chi connectivity index (χ3n) is 3.39. The second-order valence-corrected chi connectivity index (χ2v) is 5.25. The van der Waals surface area contributed by atoms with E-state index >= 15 is 0 Å². The topological polar surface area (TPSA) is 72.7 Å². The molecule has 6 nitrogen and oxygen atoms in total. The number of benzene rings is 2. The maximum atomic E-state index is 12.7. The fourth-order valence-electron chi connectivity index (χ4n) is 2.15. The van der Waals surface area contributed by atoms with Crippen molar-refractivity contribution in [2.24, 2.45) is 0 Å². The quantitative estimate of drug-likeness (QED) is 0.725. The Morgan fingerprint density at radius 3 is 2.54 bits per heavy atom. The maximum Gasteiger partial charge on any atom is 0.416 e. The normalized spacial score (nSPS) is 11.7. The summed E-state index contributed by atoms with van der Waals surface area (Å²) in [5.41, 5.74) is 0.760. The van der Waals surface area contributed by atoms with Crippen LogP contribution >= 0.6 is 0 Å². The van der Waals surface area contributed by atoms with Crippen molar-refractivity contribution in [3.05, 3.63) is 72.1 Å². The molecule has 0 fully saturated rings. The molecule has 0 atom stereocenters. The highest BCUT2D eigenvalue weighted by atomic mass is 19.4. The van der Waals surface area contributed by atoms with Gasteiger partial charge in [0.2, 0.25) is 5.91 Å². The molecule has 26 heavy (non-hydrogen) atoms. The second kappa shape index (κ2) is 7.18. The van der Waals surface area contributed by atoms with Gasteiger partial charge in [0.05, 0.1) is 11.3 Å². The number of aromatic nitrogens is 4. The maximum absolute atomic E-state index is 12.7. The van der Waals surface area contributed by atoms with Crippen LogP contribution in [0.15, 0.2) is 60.9 Å². The van der Waals surface area contributed by atoms with Gasteiger partial charge in [-0.15, -0.1) is 5.10 Å². The summed E-state index contributed by atoms with van der Waals surface area (Å²) in [6.07, 6.45) is -0.496. The first-order valence-corrected chi connectivity index (χ1v) is 7.41. The van der Waals surface area contributed by atoms with E-state index in [1.807, 2.05) is 0 Å². The van der Waals surface area contributed by atoms with Crippen LogP contribution in [0.4, 0.5) is 18.9 Å². The molecule has 3 rings (SSSR count). The molecule has 132 valence electrons. The van der Waals surface area contributed by atoms with Crippen LogP contribution in [0.2, 0.25) is 0 Å². The van der Waals surface area contributed by atoms with Crippen molar-refractivity contribution in [1.82, 2.24) is 20.2 Å². The highest BCUT2D eigenvalue weighted by Crippen LogP contribution is 2.29. The van der Waals surface area contributed by atoms with Crippen LogP contribution in [0.3, 0.4) is 0 Å². The molecule has 1 heterocycles. The van der Waals surface area contributed by atoms with Gasteiger partial charge in [0.15, 0.2) is 0 Å². The van der Waals surface area contributed by atoms with Crippen molar-refractivity contribution >= 4 is 17.7 Å². The summed E-state index contributed by atoms with van der Waals surface area (Å²) in [4.78, 5) is 11.9. The Hall–Kier alpha value is -3.49. The van der Waals surface area contributed by atoms with E-state index in [4.69, 9.17) is 0 Å². The van der Waals surface area contributed by atoms with Gasteiger partial charge in [-0.3, -0.25) is 4.79 Å². The molecular formula is C17H12F3N5O. The van der Waals surface area contributed by atoms with Crippen molar-refractivity contribution in [3.8, 4) is 5.69 Å². The minimum atomic E-state index is -4.42. The minimum Gasteiger partial charge on any atom is -0.323 e. The van der Waals surface area contributed by atoms with E-state index in [2.05, 4.69) is 20.8 Å². The molecular weight excluding hydrogens is 347 g/mol. The summed E-state index contributed by atoms with van der Waals surface area (Å²) in [6.45, 7) is 0. The first kappa shape index (κ1) is 17.3. The van der Waals surface area contributed by atoms with E-state index < -0.39 is 17.6 Å². The number of hydrogen-bond acceptors (Lipinski definition) is 4. The van der Waals surface area contributed by atoms with Crippen LogP contribution in [-0.4, -0.2) is 26.1 Å². The van der Waals surface area contributed by atoms with Crippen molar-refractivity contribution < 1.29 is 18.0 Å². The van der Waals surface area contributed by atoms with Crippen molar-refractivity contribution in [2.45, 2.75) is 6.18 Å². The van der Waals surface area contributed by atoms with Crippen LogP contribution in [0.5, 0.6) is 0 Å². The number of amides is 1. The largest absolute Gasteiger partial charge is 0.416 e. The van der Waals surface area contributed by atoms with Crippen molar-refractivity contribution in [3.63, 3.8) is 0 Å². The average molecular weight is 359 g/mol. The third kappa shape index (κ3) is 4.32. The summed E-state index contributed by atoms with van der Waals surface area (Å²) < 4.78 is 39.5. The van der Waals surface area contributed by atoms with E-state index in [-0.39, 0.29) is 5.56 Å². The first-order chi connectivity index (χ1) is 12.4. The Balaban J connectivity index is 1.64. The number of rotatable bonds is 4. The Bertz CT molecular complexity index is 918. The third-order valence-corrected chi connectivity index (χ3v) is 3.39. The number of carbonyl (C=O) groups is 1. The zero-order valence-electron chi connectivity index (χ0n) is 13.2. The fraction of sp³-hybridized carbons (Fsp3) is 0.0588. The highest BCUT2D eigenvalue weighted by molar-refractivity contribution is 6.01.